The molecule has 0 aliphatic carbocycles. The SMILES string of the molecule is O=C(O)c1cc(Cl)nc(C=S)n1. The fraction of sp³-hybridized carbons (Fsp3) is 0. The molecule has 0 aromatic carbocycles. The molecular weight excluding hydrogens is 200 g/mol. The molecule has 0 aliphatic heterocycles. The molecule has 1 rings (SSSR count). The highest BCUT2D eigenvalue weighted by Crippen LogP contribution is 2.06. The quantitative estimate of drug-likeness (QED) is 0.576. The summed E-state index contributed by atoms with van der Waals surface area (Å²) in [6.07, 6.45) is 0. The van der Waals surface area contributed by atoms with Crippen molar-refractivity contribution < 1.29 is 9.90 Å². The average molecular weight is 203 g/mol. The van der Waals surface area contributed by atoms with Crippen LogP contribution in [0.25, 0.3) is 0 Å². The van der Waals surface area contributed by atoms with Crippen LogP contribution >= 0.6 is 23.8 Å². The van der Waals surface area contributed by atoms with Crippen molar-refractivity contribution in [2.45, 2.75) is 0 Å². The molecule has 1 heterocycles. The van der Waals surface area contributed by atoms with E-state index in [9.17, 15) is 4.79 Å². The van der Waals surface area contributed by atoms with E-state index in [0.717, 1.165) is 6.07 Å². The van der Waals surface area contributed by atoms with Gasteiger partial charge in [-0.15, -0.1) is 0 Å². The third-order valence-electron chi connectivity index (χ3n) is 1.04. The van der Waals surface area contributed by atoms with Gasteiger partial charge in [-0.05, 0) is 0 Å². The predicted octanol–water partition coefficient (Wildman–Crippen LogP) is 1.18. The highest BCUT2D eigenvalue weighted by Gasteiger charge is 2.07. The van der Waals surface area contributed by atoms with Gasteiger partial charge in [-0.2, -0.15) is 0 Å². The van der Waals surface area contributed by atoms with Crippen molar-refractivity contribution in [3.8, 4) is 0 Å². The van der Waals surface area contributed by atoms with Gasteiger partial charge in [0.1, 0.15) is 5.15 Å². The fourth-order valence-electron chi connectivity index (χ4n) is 0.597. The molecule has 0 atom stereocenters. The molecule has 0 aliphatic rings. The van der Waals surface area contributed by atoms with E-state index in [0.29, 0.717) is 0 Å². The van der Waals surface area contributed by atoms with Gasteiger partial charge in [0.25, 0.3) is 0 Å². The van der Waals surface area contributed by atoms with Crippen LogP contribution in [0.3, 0.4) is 0 Å². The molecule has 0 unspecified atom stereocenters. The summed E-state index contributed by atoms with van der Waals surface area (Å²) in [5.41, 5.74) is -0.161. The highest BCUT2D eigenvalue weighted by atomic mass is 35.5. The molecular formula is C6H3ClN2O2S. The van der Waals surface area contributed by atoms with Gasteiger partial charge in [0.15, 0.2) is 11.5 Å². The van der Waals surface area contributed by atoms with E-state index < -0.39 is 5.97 Å². The Morgan fingerprint density at radius 3 is 2.83 bits per heavy atom. The number of halogens is 1. The van der Waals surface area contributed by atoms with Crippen molar-refractivity contribution in [1.82, 2.24) is 9.97 Å². The lowest BCUT2D eigenvalue weighted by atomic mass is 10.4. The summed E-state index contributed by atoms with van der Waals surface area (Å²) in [6.45, 7) is 0. The number of aromatic carboxylic acids is 1. The Labute approximate surface area is 78.2 Å². The van der Waals surface area contributed by atoms with Gasteiger partial charge in [0, 0.05) is 11.4 Å². The molecule has 1 aromatic heterocycles. The summed E-state index contributed by atoms with van der Waals surface area (Å²) >= 11 is 10.0. The van der Waals surface area contributed by atoms with Gasteiger partial charge in [-0.25, -0.2) is 14.8 Å². The second-order valence-electron chi connectivity index (χ2n) is 1.86. The number of hydrogen-bond acceptors (Lipinski definition) is 4. The van der Waals surface area contributed by atoms with E-state index in [1.807, 2.05) is 0 Å². The zero-order valence-electron chi connectivity index (χ0n) is 5.69. The highest BCUT2D eigenvalue weighted by molar-refractivity contribution is 7.79. The van der Waals surface area contributed by atoms with E-state index in [-0.39, 0.29) is 16.7 Å². The van der Waals surface area contributed by atoms with Crippen molar-refractivity contribution in [3.63, 3.8) is 0 Å². The Balaban J connectivity index is 3.23. The van der Waals surface area contributed by atoms with Crippen LogP contribution in [0, 0.1) is 0 Å². The van der Waals surface area contributed by atoms with E-state index >= 15 is 0 Å². The number of thiocarbonyl (C=S) groups is 1. The van der Waals surface area contributed by atoms with Crippen molar-refractivity contribution in [1.29, 1.82) is 0 Å². The maximum atomic E-state index is 10.4. The molecule has 12 heavy (non-hydrogen) atoms. The summed E-state index contributed by atoms with van der Waals surface area (Å²) in [4.78, 5) is 17.7. The first-order valence-electron chi connectivity index (χ1n) is 2.86. The number of carboxylic acids is 1. The van der Waals surface area contributed by atoms with Crippen molar-refractivity contribution in [2.24, 2.45) is 0 Å². The largest absolute Gasteiger partial charge is 0.477 e. The lowest BCUT2D eigenvalue weighted by Crippen LogP contribution is -2.04. The Hall–Kier alpha value is -1.07. The maximum Gasteiger partial charge on any atom is 0.354 e. The Morgan fingerprint density at radius 2 is 2.33 bits per heavy atom. The first-order valence-corrected chi connectivity index (χ1v) is 3.71. The summed E-state index contributed by atoms with van der Waals surface area (Å²) < 4.78 is 0. The monoisotopic (exact) mass is 202 g/mol. The molecule has 6 heteroatoms. The zero-order valence-corrected chi connectivity index (χ0v) is 7.26. The van der Waals surface area contributed by atoms with Crippen LogP contribution in [0.2, 0.25) is 5.15 Å². The van der Waals surface area contributed by atoms with E-state index in [4.69, 9.17) is 16.7 Å². The van der Waals surface area contributed by atoms with E-state index in [1.165, 1.54) is 5.37 Å². The number of carbonyl (C=O) groups is 1. The van der Waals surface area contributed by atoms with Crippen LogP contribution in [0.15, 0.2) is 6.07 Å². The van der Waals surface area contributed by atoms with E-state index in [2.05, 4.69) is 22.2 Å². The third-order valence-corrected chi connectivity index (χ3v) is 1.44. The second kappa shape index (κ2) is 3.55. The van der Waals surface area contributed by atoms with Crippen LogP contribution in [0.5, 0.6) is 0 Å². The molecule has 0 saturated carbocycles. The zero-order chi connectivity index (χ0) is 9.14. The van der Waals surface area contributed by atoms with Crippen LogP contribution in [-0.4, -0.2) is 26.4 Å². The van der Waals surface area contributed by atoms with Crippen LogP contribution in [0.1, 0.15) is 16.3 Å². The maximum absolute atomic E-state index is 10.4. The smallest absolute Gasteiger partial charge is 0.354 e. The summed E-state index contributed by atoms with van der Waals surface area (Å²) in [7, 11) is 0. The average Bonchev–Trinajstić information content (AvgIpc) is 2.03. The number of aromatic nitrogens is 2. The molecule has 0 amide bonds. The molecule has 62 valence electrons. The van der Waals surface area contributed by atoms with Crippen LogP contribution in [-0.2, 0) is 0 Å². The lowest BCUT2D eigenvalue weighted by Gasteiger charge is -1.95. The molecule has 0 bridgehead atoms. The molecule has 0 fully saturated rings. The minimum absolute atomic E-state index is 0.0681. The standard InChI is InChI=1S/C6H3ClN2O2S/c7-4-1-3(6(10)11)8-5(2-12)9-4/h1-2H,(H,10,11). The molecule has 4 nitrogen and oxygen atoms in total. The van der Waals surface area contributed by atoms with Crippen molar-refractivity contribution in [2.75, 3.05) is 0 Å². The van der Waals surface area contributed by atoms with Gasteiger partial charge < -0.3 is 5.11 Å². The van der Waals surface area contributed by atoms with Crippen molar-refractivity contribution in [3.05, 3.63) is 22.7 Å². The minimum Gasteiger partial charge on any atom is -0.477 e. The fourth-order valence-corrected chi connectivity index (χ4v) is 0.893. The molecule has 0 spiro atoms. The second-order valence-corrected chi connectivity index (χ2v) is 2.48. The van der Waals surface area contributed by atoms with Crippen LogP contribution < -0.4 is 0 Å². The topological polar surface area (TPSA) is 63.1 Å². The summed E-state index contributed by atoms with van der Waals surface area (Å²) in [5.74, 6) is -1.02. The first-order chi connectivity index (χ1) is 5.63. The van der Waals surface area contributed by atoms with Gasteiger partial charge in [-0.3, -0.25) is 0 Å². The molecule has 1 N–H and O–H groups in total. The number of carboxylic acid groups (broad SMARTS) is 1. The van der Waals surface area contributed by atoms with Gasteiger partial charge in [-0.1, -0.05) is 23.8 Å². The Morgan fingerprint density at radius 1 is 1.67 bits per heavy atom. The lowest BCUT2D eigenvalue weighted by molar-refractivity contribution is 0.0690. The summed E-state index contributed by atoms with van der Waals surface area (Å²) in [5, 5.41) is 9.77. The first kappa shape index (κ1) is 9.02. The van der Waals surface area contributed by atoms with Crippen molar-refractivity contribution >= 4 is 35.2 Å². The summed E-state index contributed by atoms with van der Waals surface area (Å²) in [6, 6.07) is 1.16. The normalized spacial score (nSPS) is 9.42. The van der Waals surface area contributed by atoms with Crippen LogP contribution in [0.4, 0.5) is 0 Å². The Bertz CT molecular complexity index is 342. The Kier molecular flexibility index (Phi) is 2.67. The molecule has 1 aromatic rings. The number of nitrogens with zero attached hydrogens (tertiary/aromatic N) is 2. The predicted molar refractivity (Wildman–Crippen MR) is 46.8 cm³/mol. The minimum atomic E-state index is -1.16. The number of hydrogen-bond donors (Lipinski definition) is 1. The van der Waals surface area contributed by atoms with Gasteiger partial charge in [0.05, 0.1) is 0 Å². The number of rotatable bonds is 2. The van der Waals surface area contributed by atoms with E-state index in [1.54, 1.807) is 0 Å². The third kappa shape index (κ3) is 1.96. The molecule has 0 radical (unpaired) electrons. The molecule has 0 saturated heterocycles. The van der Waals surface area contributed by atoms with Gasteiger partial charge >= 0.3 is 5.97 Å². The van der Waals surface area contributed by atoms with Gasteiger partial charge in [0.2, 0.25) is 0 Å².